The van der Waals surface area contributed by atoms with E-state index in [-0.39, 0.29) is 17.5 Å². The Balaban J connectivity index is 1.58. The first-order chi connectivity index (χ1) is 13.6. The number of nitrogens with one attached hydrogen (secondary N) is 1. The molecule has 1 aromatic heterocycles. The summed E-state index contributed by atoms with van der Waals surface area (Å²) in [5.41, 5.74) is 3.85. The first-order valence-corrected chi connectivity index (χ1v) is 9.21. The maximum atomic E-state index is 14.5. The van der Waals surface area contributed by atoms with E-state index in [9.17, 15) is 9.18 Å². The first-order valence-electron chi connectivity index (χ1n) is 9.21. The van der Waals surface area contributed by atoms with Gasteiger partial charge in [-0.25, -0.2) is 4.39 Å². The standard InChI is InChI=1S/C23H23FN2O2/c1-16-11-12-19(15-26-16)23(27)25-13-5-7-17-6-3-8-18(14-17)20-9-4-10-21(28-2)22(20)24/h3-4,6,8-12,14-15H,5,7,13H2,1-2H3,(H,25,27). The summed E-state index contributed by atoms with van der Waals surface area (Å²) in [5, 5.41) is 2.90. The molecule has 0 bridgehead atoms. The van der Waals surface area contributed by atoms with Gasteiger partial charge in [0, 0.05) is 24.0 Å². The highest BCUT2D eigenvalue weighted by atomic mass is 19.1. The number of carbonyl (C=O) groups is 1. The third-order valence-corrected chi connectivity index (χ3v) is 4.52. The molecule has 3 rings (SSSR count). The molecule has 1 N–H and O–H groups in total. The van der Waals surface area contributed by atoms with Crippen molar-refractivity contribution < 1.29 is 13.9 Å². The minimum absolute atomic E-state index is 0.125. The van der Waals surface area contributed by atoms with E-state index < -0.39 is 0 Å². The van der Waals surface area contributed by atoms with Gasteiger partial charge >= 0.3 is 0 Å². The molecule has 4 nitrogen and oxygen atoms in total. The Morgan fingerprint density at radius 2 is 1.96 bits per heavy atom. The van der Waals surface area contributed by atoms with Gasteiger partial charge in [-0.1, -0.05) is 36.4 Å². The number of carbonyl (C=O) groups excluding carboxylic acids is 1. The SMILES string of the molecule is COc1cccc(-c2cccc(CCCNC(=O)c3ccc(C)nc3)c2)c1F. The summed E-state index contributed by atoms with van der Waals surface area (Å²) in [6.45, 7) is 2.44. The number of hydrogen-bond donors (Lipinski definition) is 1. The Hall–Kier alpha value is -3.21. The van der Waals surface area contributed by atoms with E-state index in [0.29, 0.717) is 17.7 Å². The third kappa shape index (κ3) is 4.74. The van der Waals surface area contributed by atoms with Crippen molar-refractivity contribution in [3.63, 3.8) is 0 Å². The van der Waals surface area contributed by atoms with Crippen molar-refractivity contribution in [1.29, 1.82) is 0 Å². The second-order valence-corrected chi connectivity index (χ2v) is 6.57. The van der Waals surface area contributed by atoms with Gasteiger partial charge in [0.1, 0.15) is 0 Å². The molecule has 2 aromatic carbocycles. The number of rotatable bonds is 7. The molecule has 5 heteroatoms. The van der Waals surface area contributed by atoms with Crippen LogP contribution in [0, 0.1) is 12.7 Å². The van der Waals surface area contributed by atoms with Crippen LogP contribution in [0.25, 0.3) is 11.1 Å². The van der Waals surface area contributed by atoms with Crippen molar-refractivity contribution in [1.82, 2.24) is 10.3 Å². The van der Waals surface area contributed by atoms with E-state index in [4.69, 9.17) is 4.74 Å². The Kier molecular flexibility index (Phi) is 6.37. The average Bonchev–Trinajstić information content (AvgIpc) is 2.72. The van der Waals surface area contributed by atoms with Crippen LogP contribution in [-0.4, -0.2) is 24.5 Å². The van der Waals surface area contributed by atoms with Crippen LogP contribution in [0.15, 0.2) is 60.8 Å². The molecule has 144 valence electrons. The van der Waals surface area contributed by atoms with E-state index >= 15 is 0 Å². The highest BCUT2D eigenvalue weighted by molar-refractivity contribution is 5.93. The molecule has 1 heterocycles. The lowest BCUT2D eigenvalue weighted by Gasteiger charge is -2.10. The van der Waals surface area contributed by atoms with Crippen LogP contribution in [0.2, 0.25) is 0 Å². The van der Waals surface area contributed by atoms with E-state index in [2.05, 4.69) is 10.3 Å². The smallest absolute Gasteiger partial charge is 0.252 e. The molecule has 0 aliphatic heterocycles. The Morgan fingerprint density at radius 3 is 2.71 bits per heavy atom. The molecule has 0 radical (unpaired) electrons. The van der Waals surface area contributed by atoms with Gasteiger partial charge < -0.3 is 10.1 Å². The third-order valence-electron chi connectivity index (χ3n) is 4.52. The van der Waals surface area contributed by atoms with Crippen LogP contribution in [0.5, 0.6) is 5.75 Å². The first kappa shape index (κ1) is 19.5. The van der Waals surface area contributed by atoms with Gasteiger partial charge in [0.05, 0.1) is 12.7 Å². The van der Waals surface area contributed by atoms with Crippen molar-refractivity contribution in [2.24, 2.45) is 0 Å². The van der Waals surface area contributed by atoms with E-state index in [1.54, 1.807) is 30.5 Å². The number of benzene rings is 2. The lowest BCUT2D eigenvalue weighted by Crippen LogP contribution is -2.24. The van der Waals surface area contributed by atoms with Crippen LogP contribution < -0.4 is 10.1 Å². The van der Waals surface area contributed by atoms with Gasteiger partial charge in [0.15, 0.2) is 11.6 Å². The second kappa shape index (κ2) is 9.13. The van der Waals surface area contributed by atoms with Gasteiger partial charge in [-0.05, 0) is 49.1 Å². The number of aryl methyl sites for hydroxylation is 2. The summed E-state index contributed by atoms with van der Waals surface area (Å²) in [6.07, 6.45) is 3.15. The fraction of sp³-hybridized carbons (Fsp3) is 0.217. The Morgan fingerprint density at radius 1 is 1.14 bits per heavy atom. The van der Waals surface area contributed by atoms with Crippen molar-refractivity contribution >= 4 is 5.91 Å². The Labute approximate surface area is 164 Å². The minimum Gasteiger partial charge on any atom is -0.494 e. The van der Waals surface area contributed by atoms with E-state index in [0.717, 1.165) is 29.7 Å². The molecule has 0 fully saturated rings. The highest BCUT2D eigenvalue weighted by Gasteiger charge is 2.10. The zero-order chi connectivity index (χ0) is 19.9. The van der Waals surface area contributed by atoms with Gasteiger partial charge in [0.25, 0.3) is 5.91 Å². The number of nitrogens with zero attached hydrogens (tertiary/aromatic N) is 1. The molecule has 0 unspecified atom stereocenters. The number of amides is 1. The van der Waals surface area contributed by atoms with Crippen molar-refractivity contribution in [3.05, 3.63) is 83.4 Å². The zero-order valence-electron chi connectivity index (χ0n) is 16.0. The van der Waals surface area contributed by atoms with Crippen LogP contribution in [0.1, 0.15) is 28.0 Å². The summed E-state index contributed by atoms with van der Waals surface area (Å²) >= 11 is 0. The predicted molar refractivity (Wildman–Crippen MR) is 108 cm³/mol. The van der Waals surface area contributed by atoms with Gasteiger partial charge in [-0.15, -0.1) is 0 Å². The molecule has 1 amide bonds. The fourth-order valence-electron chi connectivity index (χ4n) is 2.98. The normalized spacial score (nSPS) is 10.5. The molecule has 0 aliphatic rings. The fourth-order valence-corrected chi connectivity index (χ4v) is 2.98. The van der Waals surface area contributed by atoms with E-state index in [1.807, 2.05) is 37.3 Å². The Bertz CT molecular complexity index is 955. The molecule has 0 atom stereocenters. The summed E-state index contributed by atoms with van der Waals surface area (Å²) in [4.78, 5) is 16.2. The summed E-state index contributed by atoms with van der Waals surface area (Å²) in [7, 11) is 1.46. The van der Waals surface area contributed by atoms with E-state index in [1.165, 1.54) is 7.11 Å². The predicted octanol–water partition coefficient (Wildman–Crippen LogP) is 4.57. The number of methoxy groups -OCH3 is 1. The van der Waals surface area contributed by atoms with Gasteiger partial charge in [-0.2, -0.15) is 0 Å². The number of pyridine rings is 1. The van der Waals surface area contributed by atoms with Crippen molar-refractivity contribution in [2.75, 3.05) is 13.7 Å². The molecule has 0 aliphatic carbocycles. The van der Waals surface area contributed by atoms with Crippen LogP contribution in [-0.2, 0) is 6.42 Å². The maximum absolute atomic E-state index is 14.5. The molecular formula is C23H23FN2O2. The average molecular weight is 378 g/mol. The van der Waals surface area contributed by atoms with Crippen molar-refractivity contribution in [3.8, 4) is 16.9 Å². The van der Waals surface area contributed by atoms with Gasteiger partial charge in [-0.3, -0.25) is 9.78 Å². The molecule has 0 spiro atoms. The summed E-state index contributed by atoms with van der Waals surface area (Å²) in [5.74, 6) is -0.253. The molecule has 28 heavy (non-hydrogen) atoms. The minimum atomic E-state index is -0.360. The van der Waals surface area contributed by atoms with Crippen LogP contribution in [0.3, 0.4) is 0 Å². The van der Waals surface area contributed by atoms with Gasteiger partial charge in [0.2, 0.25) is 0 Å². The highest BCUT2D eigenvalue weighted by Crippen LogP contribution is 2.29. The monoisotopic (exact) mass is 378 g/mol. The summed E-state index contributed by atoms with van der Waals surface area (Å²) < 4.78 is 19.6. The summed E-state index contributed by atoms with van der Waals surface area (Å²) in [6, 6.07) is 16.5. The second-order valence-electron chi connectivity index (χ2n) is 6.57. The molecule has 0 saturated carbocycles. The van der Waals surface area contributed by atoms with Crippen molar-refractivity contribution in [2.45, 2.75) is 19.8 Å². The molecule has 3 aromatic rings. The topological polar surface area (TPSA) is 51.2 Å². The van der Waals surface area contributed by atoms with Crippen LogP contribution in [0.4, 0.5) is 4.39 Å². The molecule has 0 saturated heterocycles. The number of ether oxygens (including phenoxy) is 1. The maximum Gasteiger partial charge on any atom is 0.252 e. The quantitative estimate of drug-likeness (QED) is 0.613. The lowest BCUT2D eigenvalue weighted by atomic mass is 10.00. The number of halogens is 1. The molecular weight excluding hydrogens is 355 g/mol. The number of aromatic nitrogens is 1. The number of hydrogen-bond acceptors (Lipinski definition) is 3. The van der Waals surface area contributed by atoms with Crippen LogP contribution >= 0.6 is 0 Å². The lowest BCUT2D eigenvalue weighted by molar-refractivity contribution is 0.0953. The zero-order valence-corrected chi connectivity index (χ0v) is 16.0. The largest absolute Gasteiger partial charge is 0.494 e.